The second kappa shape index (κ2) is 7.38. The summed E-state index contributed by atoms with van der Waals surface area (Å²) < 4.78 is 15.0. The van der Waals surface area contributed by atoms with E-state index >= 15 is 0 Å². The van der Waals surface area contributed by atoms with Gasteiger partial charge < -0.3 is 5.32 Å². The van der Waals surface area contributed by atoms with E-state index in [1.54, 1.807) is 19.1 Å². The number of hydrogen-bond acceptors (Lipinski definition) is 5. The number of halogens is 2. The van der Waals surface area contributed by atoms with Gasteiger partial charge in [-0.05, 0) is 66.6 Å². The lowest BCUT2D eigenvalue weighted by atomic mass is 10.1. The Labute approximate surface area is 162 Å². The molecule has 0 aliphatic carbocycles. The fourth-order valence-corrected chi connectivity index (χ4v) is 4.20. The predicted octanol–water partition coefficient (Wildman–Crippen LogP) is 4.52. The standard InChI is InChI=1S/C17H16FIN2O3S/c1-9-14(17(23)21-6-3-7-24-21)16(25-15(9)10(2)22)20-13-5-4-11(19)8-12(13)18/h4-5,8,20H,3,6-7H2,1-2H3. The van der Waals surface area contributed by atoms with Crippen molar-refractivity contribution in [2.24, 2.45) is 0 Å². The number of carbonyl (C=O) groups is 2. The number of Topliss-reactive ketones (excluding diaryl/α,β-unsaturated/α-hetero) is 1. The molecule has 1 aliphatic rings. The van der Waals surface area contributed by atoms with Gasteiger partial charge in [-0.25, -0.2) is 9.45 Å². The van der Waals surface area contributed by atoms with Gasteiger partial charge in [-0.15, -0.1) is 11.3 Å². The van der Waals surface area contributed by atoms with Crippen molar-refractivity contribution in [2.45, 2.75) is 20.3 Å². The summed E-state index contributed by atoms with van der Waals surface area (Å²) in [7, 11) is 0. The molecule has 1 fully saturated rings. The van der Waals surface area contributed by atoms with Crippen LogP contribution in [0.25, 0.3) is 0 Å². The van der Waals surface area contributed by atoms with Crippen molar-refractivity contribution in [3.63, 3.8) is 0 Å². The van der Waals surface area contributed by atoms with E-state index in [2.05, 4.69) is 5.32 Å². The van der Waals surface area contributed by atoms with Crippen LogP contribution in [0.4, 0.5) is 15.1 Å². The van der Waals surface area contributed by atoms with E-state index in [4.69, 9.17) is 4.84 Å². The van der Waals surface area contributed by atoms with E-state index in [1.807, 2.05) is 22.6 Å². The van der Waals surface area contributed by atoms with E-state index in [1.165, 1.54) is 18.1 Å². The van der Waals surface area contributed by atoms with Crippen LogP contribution in [0.1, 0.15) is 38.9 Å². The van der Waals surface area contributed by atoms with Gasteiger partial charge in [0.05, 0.1) is 29.3 Å². The molecule has 1 N–H and O–H groups in total. The Morgan fingerprint density at radius 1 is 1.40 bits per heavy atom. The van der Waals surface area contributed by atoms with Crippen molar-refractivity contribution in [2.75, 3.05) is 18.5 Å². The lowest BCUT2D eigenvalue weighted by molar-refractivity contribution is -0.0767. The minimum Gasteiger partial charge on any atom is -0.344 e. The molecular formula is C17H16FIN2O3S. The third-order valence-corrected chi connectivity index (χ3v) is 5.82. The Bertz CT molecular complexity index is 847. The highest BCUT2D eigenvalue weighted by atomic mass is 127. The average molecular weight is 474 g/mol. The Morgan fingerprint density at radius 2 is 2.16 bits per heavy atom. The first-order valence-corrected chi connectivity index (χ1v) is 9.59. The number of amides is 1. The van der Waals surface area contributed by atoms with Crippen LogP contribution < -0.4 is 5.32 Å². The van der Waals surface area contributed by atoms with E-state index in [9.17, 15) is 14.0 Å². The second-order valence-corrected chi connectivity index (χ2v) is 7.93. The summed E-state index contributed by atoms with van der Waals surface area (Å²) in [6, 6.07) is 4.78. The van der Waals surface area contributed by atoms with Crippen LogP contribution in [0.15, 0.2) is 18.2 Å². The Morgan fingerprint density at radius 3 is 2.76 bits per heavy atom. The molecule has 2 aromatic rings. The van der Waals surface area contributed by atoms with E-state index in [0.717, 1.165) is 21.3 Å². The predicted molar refractivity (Wildman–Crippen MR) is 103 cm³/mol. The van der Waals surface area contributed by atoms with Gasteiger partial charge in [-0.2, -0.15) is 0 Å². The average Bonchev–Trinajstić information content (AvgIpc) is 3.18. The number of ketones is 1. The number of thiophene rings is 1. The van der Waals surface area contributed by atoms with Gasteiger partial charge in [0.1, 0.15) is 10.8 Å². The molecule has 132 valence electrons. The number of anilines is 2. The first kappa shape index (κ1) is 18.3. The van der Waals surface area contributed by atoms with Crippen molar-refractivity contribution in [3.8, 4) is 0 Å². The number of hydroxylamine groups is 2. The molecule has 1 aliphatic heterocycles. The molecule has 0 atom stereocenters. The molecule has 1 aromatic heterocycles. The number of nitrogens with one attached hydrogen (secondary N) is 1. The Kier molecular flexibility index (Phi) is 5.40. The van der Waals surface area contributed by atoms with Crippen molar-refractivity contribution in [1.82, 2.24) is 5.06 Å². The van der Waals surface area contributed by atoms with Gasteiger partial charge in [-0.1, -0.05) is 0 Å². The van der Waals surface area contributed by atoms with Gasteiger partial charge in [0.2, 0.25) is 0 Å². The van der Waals surface area contributed by atoms with Crippen molar-refractivity contribution in [3.05, 3.63) is 43.6 Å². The molecule has 3 rings (SSSR count). The van der Waals surface area contributed by atoms with Crippen LogP contribution >= 0.6 is 33.9 Å². The van der Waals surface area contributed by atoms with Crippen LogP contribution in [-0.2, 0) is 4.84 Å². The summed E-state index contributed by atoms with van der Waals surface area (Å²) in [5, 5.41) is 4.72. The summed E-state index contributed by atoms with van der Waals surface area (Å²) >= 11 is 3.18. The first-order chi connectivity index (χ1) is 11.9. The van der Waals surface area contributed by atoms with Gasteiger partial charge in [-0.3, -0.25) is 14.4 Å². The topological polar surface area (TPSA) is 58.6 Å². The van der Waals surface area contributed by atoms with Gasteiger partial charge >= 0.3 is 0 Å². The lowest BCUT2D eigenvalue weighted by Gasteiger charge is -2.16. The molecule has 0 bridgehead atoms. The SMILES string of the molecule is CC(=O)c1sc(Nc2ccc(I)cc2F)c(C(=O)N2CCCO2)c1C. The van der Waals surface area contributed by atoms with Gasteiger partial charge in [0, 0.05) is 3.57 Å². The smallest absolute Gasteiger partial charge is 0.280 e. The van der Waals surface area contributed by atoms with Gasteiger partial charge in [0.15, 0.2) is 5.78 Å². The highest BCUT2D eigenvalue weighted by molar-refractivity contribution is 14.1. The van der Waals surface area contributed by atoms with Gasteiger partial charge in [0.25, 0.3) is 5.91 Å². The van der Waals surface area contributed by atoms with Crippen molar-refractivity contribution >= 4 is 56.3 Å². The van der Waals surface area contributed by atoms with Crippen LogP contribution in [0.2, 0.25) is 0 Å². The molecule has 0 radical (unpaired) electrons. The van der Waals surface area contributed by atoms with E-state index in [-0.39, 0.29) is 17.4 Å². The first-order valence-electron chi connectivity index (χ1n) is 7.69. The molecule has 0 spiro atoms. The zero-order valence-corrected chi connectivity index (χ0v) is 16.7. The number of benzene rings is 1. The fourth-order valence-electron chi connectivity index (χ4n) is 2.64. The Hall–Kier alpha value is -1.52. The lowest BCUT2D eigenvalue weighted by Crippen LogP contribution is -2.27. The van der Waals surface area contributed by atoms with Crippen LogP contribution in [0.3, 0.4) is 0 Å². The molecule has 8 heteroatoms. The summed E-state index contributed by atoms with van der Waals surface area (Å²) in [5.74, 6) is -0.861. The monoisotopic (exact) mass is 474 g/mol. The van der Waals surface area contributed by atoms with Crippen LogP contribution in [0.5, 0.6) is 0 Å². The summed E-state index contributed by atoms with van der Waals surface area (Å²) in [6.07, 6.45) is 0.767. The molecule has 0 saturated carbocycles. The van der Waals surface area contributed by atoms with E-state index in [0.29, 0.717) is 34.2 Å². The summed E-state index contributed by atoms with van der Waals surface area (Å²) in [6.45, 7) is 4.17. The van der Waals surface area contributed by atoms with Crippen molar-refractivity contribution < 1.29 is 18.8 Å². The number of hydrogen-bond donors (Lipinski definition) is 1. The summed E-state index contributed by atoms with van der Waals surface area (Å²) in [5.41, 5.74) is 1.20. The second-order valence-electron chi connectivity index (χ2n) is 5.66. The zero-order chi connectivity index (χ0) is 18.1. The maximum atomic E-state index is 14.2. The number of carbonyl (C=O) groups excluding carboxylic acids is 2. The third-order valence-electron chi connectivity index (χ3n) is 3.84. The highest BCUT2D eigenvalue weighted by Crippen LogP contribution is 2.37. The molecule has 1 aromatic carbocycles. The summed E-state index contributed by atoms with van der Waals surface area (Å²) in [4.78, 5) is 30.5. The maximum absolute atomic E-state index is 14.2. The number of nitrogens with zero attached hydrogens (tertiary/aromatic N) is 1. The maximum Gasteiger partial charge on any atom is 0.280 e. The number of rotatable bonds is 4. The zero-order valence-electron chi connectivity index (χ0n) is 13.7. The minimum absolute atomic E-state index is 0.130. The largest absolute Gasteiger partial charge is 0.344 e. The highest BCUT2D eigenvalue weighted by Gasteiger charge is 2.29. The molecule has 1 amide bonds. The normalized spacial score (nSPS) is 14.0. The molecule has 25 heavy (non-hydrogen) atoms. The fraction of sp³-hybridized carbons (Fsp3) is 0.294. The van der Waals surface area contributed by atoms with Crippen LogP contribution in [0, 0.1) is 16.3 Å². The quantitative estimate of drug-likeness (QED) is 0.523. The molecule has 1 saturated heterocycles. The van der Waals surface area contributed by atoms with E-state index < -0.39 is 5.82 Å². The molecule has 5 nitrogen and oxygen atoms in total. The molecule has 2 heterocycles. The molecule has 0 unspecified atom stereocenters. The Balaban J connectivity index is 2.03. The third kappa shape index (κ3) is 3.70. The minimum atomic E-state index is -0.418. The van der Waals surface area contributed by atoms with Crippen molar-refractivity contribution in [1.29, 1.82) is 0 Å². The molecular weight excluding hydrogens is 458 g/mol. The van der Waals surface area contributed by atoms with Crippen LogP contribution in [-0.4, -0.2) is 29.9 Å².